The van der Waals surface area contributed by atoms with Gasteiger partial charge in [0.2, 0.25) is 0 Å². The lowest BCUT2D eigenvalue weighted by Crippen LogP contribution is -2.29. The molecule has 1 heterocycles. The van der Waals surface area contributed by atoms with Crippen LogP contribution in [0.15, 0.2) is 42.6 Å². The Hall–Kier alpha value is -3.09. The van der Waals surface area contributed by atoms with E-state index in [1.165, 1.54) is 19.4 Å². The molecule has 0 saturated carbocycles. The molecule has 2 aromatic rings. The zero-order valence-corrected chi connectivity index (χ0v) is 12.8. The second-order valence-electron chi connectivity index (χ2n) is 4.55. The van der Waals surface area contributed by atoms with E-state index in [4.69, 9.17) is 4.74 Å². The van der Waals surface area contributed by atoms with Gasteiger partial charge in [0, 0.05) is 12.7 Å². The van der Waals surface area contributed by atoms with Gasteiger partial charge in [-0.1, -0.05) is 12.1 Å². The van der Waals surface area contributed by atoms with Gasteiger partial charge >= 0.3 is 12.0 Å². The number of amides is 2. The van der Waals surface area contributed by atoms with Crippen LogP contribution in [0.5, 0.6) is 5.75 Å². The zero-order valence-electron chi connectivity index (χ0n) is 12.8. The smallest absolute Gasteiger partial charge is 0.341 e. The number of anilines is 1. The molecule has 120 valence electrons. The molecule has 0 atom stereocenters. The summed E-state index contributed by atoms with van der Waals surface area (Å²) in [7, 11) is 2.86. The van der Waals surface area contributed by atoms with Crippen molar-refractivity contribution in [1.82, 2.24) is 10.3 Å². The molecule has 0 aliphatic heterocycles. The van der Waals surface area contributed by atoms with Crippen molar-refractivity contribution in [2.45, 2.75) is 6.54 Å². The molecule has 7 heteroatoms. The summed E-state index contributed by atoms with van der Waals surface area (Å²) < 4.78 is 9.72. The molecule has 0 fully saturated rings. The van der Waals surface area contributed by atoms with Crippen LogP contribution in [0, 0.1) is 0 Å². The van der Waals surface area contributed by atoms with E-state index in [2.05, 4.69) is 20.4 Å². The average molecular weight is 315 g/mol. The van der Waals surface area contributed by atoms with Crippen molar-refractivity contribution in [3.63, 3.8) is 0 Å². The van der Waals surface area contributed by atoms with Crippen LogP contribution in [0.4, 0.5) is 10.6 Å². The first-order chi connectivity index (χ1) is 11.1. The Bertz CT molecular complexity index is 686. The van der Waals surface area contributed by atoms with E-state index in [-0.39, 0.29) is 11.4 Å². The molecule has 2 N–H and O–H groups in total. The number of methoxy groups -OCH3 is 2. The topological polar surface area (TPSA) is 89.5 Å². The van der Waals surface area contributed by atoms with E-state index in [0.29, 0.717) is 6.54 Å². The Balaban J connectivity index is 1.95. The second-order valence-corrected chi connectivity index (χ2v) is 4.55. The molecular formula is C16H17N3O4. The minimum atomic E-state index is -0.566. The first kappa shape index (κ1) is 16.3. The fourth-order valence-electron chi connectivity index (χ4n) is 1.86. The second kappa shape index (κ2) is 7.79. The van der Waals surface area contributed by atoms with Crippen molar-refractivity contribution in [2.24, 2.45) is 0 Å². The van der Waals surface area contributed by atoms with Crippen LogP contribution in [0.25, 0.3) is 0 Å². The fraction of sp³-hybridized carbons (Fsp3) is 0.188. The number of pyridine rings is 1. The number of hydrogen-bond acceptors (Lipinski definition) is 5. The van der Waals surface area contributed by atoms with Gasteiger partial charge in [-0.2, -0.15) is 0 Å². The average Bonchev–Trinajstić information content (AvgIpc) is 2.60. The lowest BCUT2D eigenvalue weighted by Gasteiger charge is -2.10. The summed E-state index contributed by atoms with van der Waals surface area (Å²) in [5.74, 6) is 0.324. The van der Waals surface area contributed by atoms with Gasteiger partial charge in [0.25, 0.3) is 0 Å². The van der Waals surface area contributed by atoms with Crippen molar-refractivity contribution in [3.05, 3.63) is 53.7 Å². The summed E-state index contributed by atoms with van der Waals surface area (Å²) in [5.41, 5.74) is 1.10. The summed E-state index contributed by atoms with van der Waals surface area (Å²) in [6.45, 7) is 0.330. The molecule has 0 aliphatic rings. The highest BCUT2D eigenvalue weighted by Crippen LogP contribution is 2.13. The predicted octanol–water partition coefficient (Wildman–Crippen LogP) is 2.20. The Labute approximate surface area is 133 Å². The van der Waals surface area contributed by atoms with Crippen LogP contribution in [0.2, 0.25) is 0 Å². The molecule has 0 bridgehead atoms. The Morgan fingerprint density at radius 2 is 1.87 bits per heavy atom. The van der Waals surface area contributed by atoms with Crippen LogP contribution in [-0.2, 0) is 11.3 Å². The van der Waals surface area contributed by atoms with Crippen molar-refractivity contribution in [1.29, 1.82) is 0 Å². The van der Waals surface area contributed by atoms with Crippen LogP contribution >= 0.6 is 0 Å². The number of rotatable bonds is 5. The number of nitrogens with one attached hydrogen (secondary N) is 2. The lowest BCUT2D eigenvalue weighted by molar-refractivity contribution is 0.0601. The normalized spacial score (nSPS) is 9.83. The van der Waals surface area contributed by atoms with Gasteiger partial charge in [0.1, 0.15) is 17.1 Å². The summed E-state index contributed by atoms with van der Waals surface area (Å²) in [6.07, 6.45) is 1.48. The van der Waals surface area contributed by atoms with Crippen LogP contribution in [-0.4, -0.2) is 31.2 Å². The van der Waals surface area contributed by atoms with Gasteiger partial charge in [-0.3, -0.25) is 5.32 Å². The van der Waals surface area contributed by atoms with Crippen LogP contribution in [0.3, 0.4) is 0 Å². The van der Waals surface area contributed by atoms with Crippen molar-refractivity contribution >= 4 is 17.8 Å². The molecule has 1 aromatic heterocycles. The van der Waals surface area contributed by atoms with Gasteiger partial charge in [0.15, 0.2) is 0 Å². The molecule has 2 rings (SSSR count). The molecule has 23 heavy (non-hydrogen) atoms. The summed E-state index contributed by atoms with van der Waals surface area (Å²) in [5, 5.41) is 5.22. The number of ether oxygens (including phenoxy) is 2. The van der Waals surface area contributed by atoms with Crippen LogP contribution < -0.4 is 15.4 Å². The maximum absolute atomic E-state index is 11.9. The van der Waals surface area contributed by atoms with Crippen molar-refractivity contribution < 1.29 is 19.1 Å². The molecular weight excluding hydrogens is 298 g/mol. The quantitative estimate of drug-likeness (QED) is 0.826. The largest absolute Gasteiger partial charge is 0.497 e. The minimum Gasteiger partial charge on any atom is -0.497 e. The van der Waals surface area contributed by atoms with E-state index in [9.17, 15) is 9.59 Å². The van der Waals surface area contributed by atoms with E-state index in [1.54, 1.807) is 13.2 Å². The number of aromatic nitrogens is 1. The third-order valence-corrected chi connectivity index (χ3v) is 3.06. The summed E-state index contributed by atoms with van der Waals surface area (Å²) in [4.78, 5) is 27.5. The maximum Gasteiger partial charge on any atom is 0.341 e. The standard InChI is InChI=1S/C16H17N3O4/c1-22-12-7-5-11(6-8-12)10-18-16(21)19-14-13(15(20)23-2)4-3-9-17-14/h3-9H,10H2,1-2H3,(H2,17,18,19,21). The highest BCUT2D eigenvalue weighted by Gasteiger charge is 2.14. The molecule has 7 nitrogen and oxygen atoms in total. The fourth-order valence-corrected chi connectivity index (χ4v) is 1.86. The number of hydrogen-bond donors (Lipinski definition) is 2. The van der Waals surface area contributed by atoms with E-state index in [1.807, 2.05) is 24.3 Å². The van der Waals surface area contributed by atoms with Gasteiger partial charge < -0.3 is 14.8 Å². The Morgan fingerprint density at radius 3 is 2.52 bits per heavy atom. The number of urea groups is 1. The Kier molecular flexibility index (Phi) is 5.51. The highest BCUT2D eigenvalue weighted by molar-refractivity contribution is 5.99. The number of carbonyl (C=O) groups excluding carboxylic acids is 2. The van der Waals surface area contributed by atoms with E-state index < -0.39 is 12.0 Å². The lowest BCUT2D eigenvalue weighted by atomic mass is 10.2. The number of nitrogens with zero attached hydrogens (tertiary/aromatic N) is 1. The molecule has 0 unspecified atom stereocenters. The van der Waals surface area contributed by atoms with Gasteiger partial charge in [-0.25, -0.2) is 14.6 Å². The van der Waals surface area contributed by atoms with Gasteiger partial charge in [-0.05, 0) is 29.8 Å². The number of carbonyl (C=O) groups is 2. The first-order valence-corrected chi connectivity index (χ1v) is 6.85. The third kappa shape index (κ3) is 4.44. The van der Waals surface area contributed by atoms with Crippen molar-refractivity contribution in [3.8, 4) is 5.75 Å². The SMILES string of the molecule is COC(=O)c1cccnc1NC(=O)NCc1ccc(OC)cc1. The van der Waals surface area contributed by atoms with E-state index in [0.717, 1.165) is 11.3 Å². The number of benzene rings is 1. The molecule has 0 spiro atoms. The number of esters is 1. The molecule has 0 radical (unpaired) electrons. The minimum absolute atomic E-state index is 0.145. The monoisotopic (exact) mass is 315 g/mol. The molecule has 0 saturated heterocycles. The molecule has 1 aromatic carbocycles. The van der Waals surface area contributed by atoms with Gasteiger partial charge in [0.05, 0.1) is 14.2 Å². The Morgan fingerprint density at radius 1 is 1.13 bits per heavy atom. The van der Waals surface area contributed by atoms with Crippen molar-refractivity contribution in [2.75, 3.05) is 19.5 Å². The first-order valence-electron chi connectivity index (χ1n) is 6.85. The third-order valence-electron chi connectivity index (χ3n) is 3.06. The maximum atomic E-state index is 11.9. The van der Waals surface area contributed by atoms with E-state index >= 15 is 0 Å². The molecule has 2 amide bonds. The molecule has 0 aliphatic carbocycles. The summed E-state index contributed by atoms with van der Waals surface area (Å²) in [6, 6.07) is 9.96. The van der Waals surface area contributed by atoms with Gasteiger partial charge in [-0.15, -0.1) is 0 Å². The van der Waals surface area contributed by atoms with Crippen LogP contribution in [0.1, 0.15) is 15.9 Å². The highest BCUT2D eigenvalue weighted by atomic mass is 16.5. The zero-order chi connectivity index (χ0) is 16.7. The summed E-state index contributed by atoms with van der Waals surface area (Å²) >= 11 is 0. The predicted molar refractivity (Wildman–Crippen MR) is 84.4 cm³/mol.